The number of non-ortho nitro benzene ring substituents is 1. The second kappa shape index (κ2) is 7.85. The zero-order chi connectivity index (χ0) is 20.2. The molecule has 0 radical (unpaired) electrons. The third-order valence-corrected chi connectivity index (χ3v) is 3.52. The summed E-state index contributed by atoms with van der Waals surface area (Å²) < 4.78 is 31.7. The van der Waals surface area contributed by atoms with E-state index in [1.165, 1.54) is 6.07 Å². The molecule has 1 aliphatic heterocycles. The van der Waals surface area contributed by atoms with Crippen LogP contribution in [0.25, 0.3) is 10.9 Å². The van der Waals surface area contributed by atoms with E-state index in [-0.39, 0.29) is 17.6 Å². The molecule has 144 valence electrons. The Hall–Kier alpha value is -3.44. The number of alkyl halides is 3. The van der Waals surface area contributed by atoms with Gasteiger partial charge in [0.1, 0.15) is 5.52 Å². The number of aliphatic carboxylic acids is 1. The predicted molar refractivity (Wildman–Crippen MR) is 87.1 cm³/mol. The topological polar surface area (TPSA) is 134 Å². The fourth-order valence-electron chi connectivity index (χ4n) is 2.36. The Kier molecular flexibility index (Phi) is 5.78. The zero-order valence-electron chi connectivity index (χ0n) is 13.5. The first-order valence-electron chi connectivity index (χ1n) is 7.45. The number of halogens is 3. The van der Waals surface area contributed by atoms with E-state index in [4.69, 9.17) is 9.90 Å². The van der Waals surface area contributed by atoms with Gasteiger partial charge in [-0.2, -0.15) is 13.2 Å². The largest absolute Gasteiger partial charge is 0.490 e. The van der Waals surface area contributed by atoms with Gasteiger partial charge in [0.2, 0.25) is 5.91 Å². The number of hydrogen-bond donors (Lipinski definition) is 3. The number of carbonyl (C=O) groups excluding carboxylic acids is 1. The van der Waals surface area contributed by atoms with Crippen LogP contribution in [0.4, 0.5) is 24.5 Å². The third kappa shape index (κ3) is 5.03. The molecule has 1 amide bonds. The predicted octanol–water partition coefficient (Wildman–Crippen LogP) is 2.08. The van der Waals surface area contributed by atoms with Crippen LogP contribution in [0.1, 0.15) is 6.42 Å². The zero-order valence-corrected chi connectivity index (χ0v) is 13.5. The van der Waals surface area contributed by atoms with Crippen LogP contribution in [-0.4, -0.2) is 45.7 Å². The Balaban J connectivity index is 0.000000321. The molecule has 2 aromatic rings. The number of carbonyl (C=O) groups is 2. The van der Waals surface area contributed by atoms with Crippen LogP contribution in [0.3, 0.4) is 0 Å². The average molecular weight is 386 g/mol. The van der Waals surface area contributed by atoms with E-state index in [2.05, 4.69) is 15.6 Å². The number of nitrogens with one attached hydrogen (secondary N) is 2. The highest BCUT2D eigenvalue weighted by Crippen LogP contribution is 2.30. The summed E-state index contributed by atoms with van der Waals surface area (Å²) in [6.07, 6.45) is -3.10. The number of fused-ring (bicyclic) bond motifs is 1. The summed E-state index contributed by atoms with van der Waals surface area (Å²) in [4.78, 5) is 34.9. The summed E-state index contributed by atoms with van der Waals surface area (Å²) in [5.41, 5.74) is 1.27. The molecule has 1 aromatic carbocycles. The number of carboxylic acid groups (broad SMARTS) is 1. The Morgan fingerprint density at radius 3 is 2.56 bits per heavy atom. The van der Waals surface area contributed by atoms with E-state index < -0.39 is 17.1 Å². The van der Waals surface area contributed by atoms with E-state index >= 15 is 0 Å². The normalized spacial score (nSPS) is 16.3. The van der Waals surface area contributed by atoms with Crippen LogP contribution >= 0.6 is 0 Å². The third-order valence-electron chi connectivity index (χ3n) is 3.52. The molecule has 2 heterocycles. The summed E-state index contributed by atoms with van der Waals surface area (Å²) >= 11 is 0. The van der Waals surface area contributed by atoms with Gasteiger partial charge in [-0.15, -0.1) is 0 Å². The molecule has 3 rings (SSSR count). The molecule has 1 saturated heterocycles. The lowest BCUT2D eigenvalue weighted by Gasteiger charge is -2.13. The Morgan fingerprint density at radius 1 is 1.37 bits per heavy atom. The minimum absolute atomic E-state index is 0.00155. The first-order valence-corrected chi connectivity index (χ1v) is 7.45. The average Bonchev–Trinajstić information content (AvgIpc) is 2.99. The number of benzene rings is 1. The number of hydrogen-bond acceptors (Lipinski definition) is 6. The monoisotopic (exact) mass is 386 g/mol. The van der Waals surface area contributed by atoms with Gasteiger partial charge in [-0.3, -0.25) is 19.9 Å². The lowest BCUT2D eigenvalue weighted by molar-refractivity contribution is -0.383. The standard InChI is InChI=1S/C13H12N4O3.C2HF3O2/c18-12-6-8(7-15-12)16-10-3-4-11(17(19)20)9-2-1-5-14-13(9)10;3-2(4,5)1(6)7/h1-5,8,16H,6-7H2,(H,15,18);(H,6,7). The van der Waals surface area contributed by atoms with Crippen molar-refractivity contribution in [3.05, 3.63) is 40.6 Å². The Labute approximate surface area is 149 Å². The van der Waals surface area contributed by atoms with Gasteiger partial charge in [-0.1, -0.05) is 0 Å². The molecule has 0 saturated carbocycles. The summed E-state index contributed by atoms with van der Waals surface area (Å²) in [6.45, 7) is 0.546. The fourth-order valence-corrected chi connectivity index (χ4v) is 2.36. The second-order valence-electron chi connectivity index (χ2n) is 5.44. The lowest BCUT2D eigenvalue weighted by Crippen LogP contribution is -2.22. The van der Waals surface area contributed by atoms with Crippen molar-refractivity contribution in [1.82, 2.24) is 10.3 Å². The van der Waals surface area contributed by atoms with Crippen molar-refractivity contribution >= 4 is 34.2 Å². The van der Waals surface area contributed by atoms with Crippen LogP contribution in [0.15, 0.2) is 30.5 Å². The highest BCUT2D eigenvalue weighted by atomic mass is 19.4. The molecule has 1 aliphatic rings. The molecule has 1 fully saturated rings. The van der Waals surface area contributed by atoms with E-state index in [1.54, 1.807) is 24.4 Å². The van der Waals surface area contributed by atoms with Crippen LogP contribution in [0.2, 0.25) is 0 Å². The molecule has 1 unspecified atom stereocenters. The molecule has 3 N–H and O–H groups in total. The molecule has 1 aromatic heterocycles. The Bertz CT molecular complexity index is 887. The molecule has 0 bridgehead atoms. The quantitative estimate of drug-likeness (QED) is 0.543. The number of rotatable bonds is 3. The Morgan fingerprint density at radius 2 is 2.04 bits per heavy atom. The highest BCUT2D eigenvalue weighted by molar-refractivity contribution is 5.97. The van der Waals surface area contributed by atoms with E-state index in [0.717, 1.165) is 0 Å². The first-order chi connectivity index (χ1) is 12.6. The summed E-state index contributed by atoms with van der Waals surface area (Å²) in [5.74, 6) is -2.76. The molecule has 0 aliphatic carbocycles. The van der Waals surface area contributed by atoms with Gasteiger partial charge in [0.25, 0.3) is 5.69 Å². The van der Waals surface area contributed by atoms with Crippen molar-refractivity contribution < 1.29 is 32.8 Å². The van der Waals surface area contributed by atoms with Crippen molar-refractivity contribution in [2.24, 2.45) is 0 Å². The molecule has 12 heteroatoms. The number of nitro groups is 1. The SMILES string of the molecule is O=C(O)C(F)(F)F.O=C1CC(Nc2ccc([N+](=O)[O-])c3cccnc23)CN1. The summed E-state index contributed by atoms with van der Waals surface area (Å²) in [6, 6.07) is 6.41. The number of pyridine rings is 1. The van der Waals surface area contributed by atoms with Gasteiger partial charge in [0, 0.05) is 25.2 Å². The number of amides is 1. The molecule has 9 nitrogen and oxygen atoms in total. The second-order valence-corrected chi connectivity index (χ2v) is 5.44. The highest BCUT2D eigenvalue weighted by Gasteiger charge is 2.38. The van der Waals surface area contributed by atoms with Crippen LogP contribution in [-0.2, 0) is 9.59 Å². The summed E-state index contributed by atoms with van der Waals surface area (Å²) in [5, 5.41) is 24.6. The maximum Gasteiger partial charge on any atom is 0.490 e. The van der Waals surface area contributed by atoms with Crippen molar-refractivity contribution in [3.63, 3.8) is 0 Å². The molecule has 27 heavy (non-hydrogen) atoms. The van der Waals surface area contributed by atoms with Gasteiger partial charge >= 0.3 is 12.1 Å². The maximum atomic E-state index is 11.2. The van der Waals surface area contributed by atoms with E-state index in [9.17, 15) is 28.1 Å². The molecule has 0 spiro atoms. The van der Waals surface area contributed by atoms with Crippen molar-refractivity contribution in [3.8, 4) is 0 Å². The van der Waals surface area contributed by atoms with Crippen LogP contribution in [0, 0.1) is 10.1 Å². The van der Waals surface area contributed by atoms with Gasteiger partial charge in [0.15, 0.2) is 0 Å². The van der Waals surface area contributed by atoms with Gasteiger partial charge in [-0.05, 0) is 18.2 Å². The van der Waals surface area contributed by atoms with Crippen molar-refractivity contribution in [2.75, 3.05) is 11.9 Å². The number of nitro benzene ring substituents is 1. The molecule has 1 atom stereocenters. The van der Waals surface area contributed by atoms with Crippen LogP contribution < -0.4 is 10.6 Å². The maximum absolute atomic E-state index is 11.2. The number of aromatic nitrogens is 1. The molecular weight excluding hydrogens is 373 g/mol. The lowest BCUT2D eigenvalue weighted by atomic mass is 10.1. The van der Waals surface area contributed by atoms with E-state index in [1.807, 2.05) is 0 Å². The minimum Gasteiger partial charge on any atom is -0.475 e. The number of nitrogens with zero attached hydrogens (tertiary/aromatic N) is 2. The van der Waals surface area contributed by atoms with Gasteiger partial charge < -0.3 is 15.7 Å². The van der Waals surface area contributed by atoms with E-state index in [0.29, 0.717) is 29.6 Å². The van der Waals surface area contributed by atoms with Crippen LogP contribution in [0.5, 0.6) is 0 Å². The number of anilines is 1. The first kappa shape index (κ1) is 19.9. The van der Waals surface area contributed by atoms with Crippen molar-refractivity contribution in [2.45, 2.75) is 18.6 Å². The van der Waals surface area contributed by atoms with Crippen molar-refractivity contribution in [1.29, 1.82) is 0 Å². The summed E-state index contributed by atoms with van der Waals surface area (Å²) in [7, 11) is 0. The van der Waals surface area contributed by atoms with Gasteiger partial charge in [0.05, 0.1) is 22.0 Å². The number of carboxylic acids is 1. The van der Waals surface area contributed by atoms with Gasteiger partial charge in [-0.25, -0.2) is 4.79 Å². The molecular formula is C15H13F3N4O5. The minimum atomic E-state index is -5.08. The smallest absolute Gasteiger partial charge is 0.475 e. The fraction of sp³-hybridized carbons (Fsp3) is 0.267.